The van der Waals surface area contributed by atoms with Gasteiger partial charge in [0.15, 0.2) is 0 Å². The molecule has 6 nitrogen and oxygen atoms in total. The fourth-order valence-corrected chi connectivity index (χ4v) is 3.49. The van der Waals surface area contributed by atoms with E-state index < -0.39 is 0 Å². The van der Waals surface area contributed by atoms with Gasteiger partial charge in [-0.2, -0.15) is 0 Å². The number of hydrogen-bond donors (Lipinski definition) is 2. The van der Waals surface area contributed by atoms with Gasteiger partial charge in [-0.05, 0) is 0 Å². The van der Waals surface area contributed by atoms with Crippen molar-refractivity contribution in [3.63, 3.8) is 0 Å². The molecule has 0 fully saturated rings. The first-order valence-electron chi connectivity index (χ1n) is 10.00. The molecule has 2 heterocycles. The van der Waals surface area contributed by atoms with Crippen LogP contribution in [-0.2, 0) is 27.3 Å². The number of rotatable bonds is 0. The summed E-state index contributed by atoms with van der Waals surface area (Å²) in [5.74, 6) is 0. The van der Waals surface area contributed by atoms with Gasteiger partial charge in [0.2, 0.25) is 0 Å². The summed E-state index contributed by atoms with van der Waals surface area (Å²) in [4.78, 5) is 0. The van der Waals surface area contributed by atoms with Gasteiger partial charge in [0.05, 0.1) is 39.6 Å². The van der Waals surface area contributed by atoms with Gasteiger partial charge in [0, 0.05) is 48.1 Å². The van der Waals surface area contributed by atoms with E-state index in [1.165, 1.54) is 21.9 Å². The zero-order valence-corrected chi connectivity index (χ0v) is 16.2. The van der Waals surface area contributed by atoms with E-state index in [0.29, 0.717) is 39.6 Å². The third-order valence-corrected chi connectivity index (χ3v) is 4.91. The molecule has 0 amide bonds. The first kappa shape index (κ1) is 19.4. The molecule has 0 unspecified atom stereocenters. The molecule has 0 atom stereocenters. The van der Waals surface area contributed by atoms with Gasteiger partial charge in [-0.25, -0.2) is 0 Å². The Bertz CT molecular complexity index is 823. The molecule has 1 aromatic heterocycles. The summed E-state index contributed by atoms with van der Waals surface area (Å²) in [7, 11) is 0. The Labute approximate surface area is 165 Å². The van der Waals surface area contributed by atoms with Gasteiger partial charge in [0.25, 0.3) is 0 Å². The van der Waals surface area contributed by atoms with Crippen molar-refractivity contribution < 1.29 is 18.6 Å². The van der Waals surface area contributed by atoms with Gasteiger partial charge in [-0.1, -0.05) is 36.4 Å². The maximum absolute atomic E-state index is 6.34. The van der Waals surface area contributed by atoms with Crippen molar-refractivity contribution in [1.29, 1.82) is 0 Å². The van der Waals surface area contributed by atoms with Crippen molar-refractivity contribution in [2.24, 2.45) is 0 Å². The second kappa shape index (κ2) is 10.0. The van der Waals surface area contributed by atoms with Crippen LogP contribution in [0.15, 0.2) is 40.8 Å². The molecule has 0 saturated heterocycles. The first-order chi connectivity index (χ1) is 13.9. The quantitative estimate of drug-likeness (QED) is 0.621. The second-order valence-corrected chi connectivity index (χ2v) is 6.88. The molecule has 1 aliphatic heterocycles. The molecule has 6 heteroatoms. The third-order valence-electron chi connectivity index (χ3n) is 4.91. The smallest absolute Gasteiger partial charge is 0.139 e. The Morgan fingerprint density at radius 2 is 1.04 bits per heavy atom. The van der Waals surface area contributed by atoms with Crippen LogP contribution in [0, 0.1) is 0 Å². The first-order valence-corrected chi connectivity index (χ1v) is 10.00. The predicted molar refractivity (Wildman–Crippen MR) is 110 cm³/mol. The lowest BCUT2D eigenvalue weighted by molar-refractivity contribution is 0.0156. The van der Waals surface area contributed by atoms with Gasteiger partial charge in [-0.3, -0.25) is 0 Å². The molecule has 2 N–H and O–H groups in total. The largest absolute Gasteiger partial charge is 0.455 e. The minimum atomic E-state index is 0.597. The van der Waals surface area contributed by atoms with E-state index in [2.05, 4.69) is 47.0 Å². The van der Waals surface area contributed by atoms with Gasteiger partial charge < -0.3 is 29.3 Å². The molecule has 0 saturated carbocycles. The summed E-state index contributed by atoms with van der Waals surface area (Å²) < 4.78 is 23.0. The maximum Gasteiger partial charge on any atom is 0.139 e. The fourth-order valence-electron chi connectivity index (χ4n) is 3.49. The molecule has 0 aliphatic carbocycles. The van der Waals surface area contributed by atoms with Crippen LogP contribution in [0.5, 0.6) is 0 Å². The monoisotopic (exact) mass is 384 g/mol. The number of nitrogens with one attached hydrogen (secondary N) is 2. The van der Waals surface area contributed by atoms with Gasteiger partial charge in [-0.15, -0.1) is 0 Å². The lowest BCUT2D eigenvalue weighted by Crippen LogP contribution is -2.21. The van der Waals surface area contributed by atoms with Crippen LogP contribution in [0.2, 0.25) is 0 Å². The SMILES string of the molecule is c1cc2c3oc4c(cccc4c3c1)CNCCOCCOCCOCCNC2. The van der Waals surface area contributed by atoms with E-state index in [9.17, 15) is 0 Å². The Kier molecular flexibility index (Phi) is 6.91. The summed E-state index contributed by atoms with van der Waals surface area (Å²) in [5.41, 5.74) is 4.26. The van der Waals surface area contributed by atoms with Crippen molar-refractivity contribution in [2.75, 3.05) is 52.7 Å². The molecule has 0 spiro atoms. The highest BCUT2D eigenvalue weighted by atomic mass is 16.5. The number of furan rings is 1. The molecule has 3 aromatic rings. The number of fused-ring (bicyclic) bond motifs is 1. The third kappa shape index (κ3) is 4.71. The van der Waals surface area contributed by atoms with Gasteiger partial charge >= 0.3 is 0 Å². The van der Waals surface area contributed by atoms with Crippen LogP contribution in [0.1, 0.15) is 11.1 Å². The van der Waals surface area contributed by atoms with Crippen molar-refractivity contribution in [1.82, 2.24) is 10.6 Å². The molecule has 2 bridgehead atoms. The second-order valence-electron chi connectivity index (χ2n) is 6.88. The van der Waals surface area contributed by atoms with Crippen molar-refractivity contribution >= 4 is 21.9 Å². The lowest BCUT2D eigenvalue weighted by atomic mass is 10.1. The minimum Gasteiger partial charge on any atom is -0.455 e. The molecule has 28 heavy (non-hydrogen) atoms. The summed E-state index contributed by atoms with van der Waals surface area (Å²) in [6.45, 7) is 6.79. The molecular weight excluding hydrogens is 356 g/mol. The molecule has 4 rings (SSSR count). The zero-order chi connectivity index (χ0) is 19.0. The van der Waals surface area contributed by atoms with Crippen LogP contribution in [0.4, 0.5) is 0 Å². The molecule has 1 aliphatic rings. The zero-order valence-electron chi connectivity index (χ0n) is 16.2. The van der Waals surface area contributed by atoms with E-state index in [4.69, 9.17) is 18.6 Å². The summed E-state index contributed by atoms with van der Waals surface area (Å²) in [6.07, 6.45) is 0. The van der Waals surface area contributed by atoms with Crippen LogP contribution >= 0.6 is 0 Å². The summed E-state index contributed by atoms with van der Waals surface area (Å²) in [5, 5.41) is 9.21. The van der Waals surface area contributed by atoms with Gasteiger partial charge in [0.1, 0.15) is 11.2 Å². The average molecular weight is 384 g/mol. The molecule has 150 valence electrons. The highest BCUT2D eigenvalue weighted by Crippen LogP contribution is 2.32. The van der Waals surface area contributed by atoms with E-state index in [-0.39, 0.29) is 0 Å². The van der Waals surface area contributed by atoms with Crippen LogP contribution in [0.25, 0.3) is 21.9 Å². The maximum atomic E-state index is 6.34. The standard InChI is InChI=1S/C22H28N2O4/c1-3-17-15-23-7-9-25-11-13-27-14-12-26-10-8-24-16-18-4-2-6-20-19(5-1)21(17)28-22(18)20/h1-6,23-24H,7-16H2. The van der Waals surface area contributed by atoms with Crippen LogP contribution < -0.4 is 10.6 Å². The fraction of sp³-hybridized carbons (Fsp3) is 0.455. The van der Waals surface area contributed by atoms with E-state index in [1.54, 1.807) is 0 Å². The topological polar surface area (TPSA) is 64.9 Å². The highest BCUT2D eigenvalue weighted by Gasteiger charge is 2.13. The summed E-state index contributed by atoms with van der Waals surface area (Å²) >= 11 is 0. The summed E-state index contributed by atoms with van der Waals surface area (Å²) in [6, 6.07) is 12.7. The van der Waals surface area contributed by atoms with E-state index in [1.807, 2.05) is 0 Å². The number of benzene rings is 2. The normalized spacial score (nSPS) is 18.7. The Hall–Kier alpha value is -1.96. The van der Waals surface area contributed by atoms with Crippen LogP contribution in [0.3, 0.4) is 0 Å². The lowest BCUT2D eigenvalue weighted by Gasteiger charge is -2.09. The van der Waals surface area contributed by atoms with Crippen molar-refractivity contribution in [3.8, 4) is 0 Å². The number of ether oxygens (including phenoxy) is 3. The van der Waals surface area contributed by atoms with E-state index >= 15 is 0 Å². The minimum absolute atomic E-state index is 0.597. The van der Waals surface area contributed by atoms with Crippen molar-refractivity contribution in [3.05, 3.63) is 47.5 Å². The Balaban J connectivity index is 1.55. The van der Waals surface area contributed by atoms with Crippen LogP contribution in [-0.4, -0.2) is 52.7 Å². The molecule has 2 aromatic carbocycles. The highest BCUT2D eigenvalue weighted by molar-refractivity contribution is 6.06. The van der Waals surface area contributed by atoms with E-state index in [0.717, 1.165) is 37.3 Å². The Morgan fingerprint density at radius 1 is 0.571 bits per heavy atom. The number of hydrogen-bond acceptors (Lipinski definition) is 6. The average Bonchev–Trinajstić information content (AvgIpc) is 3.10. The predicted octanol–water partition coefficient (Wildman–Crippen LogP) is 2.83. The van der Waals surface area contributed by atoms with Crippen molar-refractivity contribution in [2.45, 2.75) is 13.1 Å². The molecule has 0 radical (unpaired) electrons. The number of para-hydroxylation sites is 2. The Morgan fingerprint density at radius 3 is 1.54 bits per heavy atom. The molecular formula is C22H28N2O4.